The number of hydrogen-bond acceptors (Lipinski definition) is 3. The lowest BCUT2D eigenvalue weighted by atomic mass is 10.1. The first kappa shape index (κ1) is 17.4. The van der Waals surface area contributed by atoms with Crippen LogP contribution in [0.5, 0.6) is 0 Å². The van der Waals surface area contributed by atoms with Gasteiger partial charge in [0, 0.05) is 37.5 Å². The first-order valence-corrected chi connectivity index (χ1v) is 9.02. The Bertz CT molecular complexity index is 502. The summed E-state index contributed by atoms with van der Waals surface area (Å²) >= 11 is 1.74. The number of aryl methyl sites for hydroxylation is 1. The molecule has 4 heteroatoms. The van der Waals surface area contributed by atoms with Crippen LogP contribution in [0, 0.1) is 6.92 Å². The molecule has 1 aromatic carbocycles. The molecule has 0 bridgehead atoms. The van der Waals surface area contributed by atoms with Crippen molar-refractivity contribution in [1.82, 2.24) is 9.80 Å². The van der Waals surface area contributed by atoms with Crippen molar-refractivity contribution in [3.8, 4) is 0 Å². The van der Waals surface area contributed by atoms with Crippen LogP contribution in [0.15, 0.2) is 24.3 Å². The van der Waals surface area contributed by atoms with Crippen LogP contribution in [-0.4, -0.2) is 52.4 Å². The summed E-state index contributed by atoms with van der Waals surface area (Å²) in [5.41, 5.74) is 2.67. The van der Waals surface area contributed by atoms with Gasteiger partial charge >= 0.3 is 0 Å². The fourth-order valence-electron chi connectivity index (χ4n) is 2.59. The molecule has 22 heavy (non-hydrogen) atoms. The molecule has 0 atom stereocenters. The fourth-order valence-corrected chi connectivity index (χ4v) is 3.33. The quantitative estimate of drug-likeness (QED) is 0.851. The van der Waals surface area contributed by atoms with Crippen molar-refractivity contribution in [2.45, 2.75) is 39.0 Å². The van der Waals surface area contributed by atoms with Gasteiger partial charge in [0.05, 0.1) is 5.75 Å². The zero-order valence-corrected chi connectivity index (χ0v) is 15.1. The van der Waals surface area contributed by atoms with Gasteiger partial charge in [-0.1, -0.05) is 50.6 Å². The van der Waals surface area contributed by atoms with E-state index in [-0.39, 0.29) is 10.7 Å². The van der Waals surface area contributed by atoms with E-state index in [4.69, 9.17) is 0 Å². The second-order valence-electron chi connectivity index (χ2n) is 7.05. The van der Waals surface area contributed by atoms with Gasteiger partial charge in [0.25, 0.3) is 0 Å². The largest absolute Gasteiger partial charge is 0.339 e. The number of amides is 1. The van der Waals surface area contributed by atoms with Gasteiger partial charge in [-0.25, -0.2) is 0 Å². The van der Waals surface area contributed by atoms with Crippen molar-refractivity contribution in [3.05, 3.63) is 35.4 Å². The highest BCUT2D eigenvalue weighted by atomic mass is 32.2. The van der Waals surface area contributed by atoms with E-state index >= 15 is 0 Å². The molecular formula is C18H28N2OS. The summed E-state index contributed by atoms with van der Waals surface area (Å²) in [4.78, 5) is 16.7. The van der Waals surface area contributed by atoms with Crippen molar-refractivity contribution < 1.29 is 4.79 Å². The maximum absolute atomic E-state index is 12.2. The summed E-state index contributed by atoms with van der Waals surface area (Å²) in [7, 11) is 0. The van der Waals surface area contributed by atoms with Gasteiger partial charge in [-0.05, 0) is 12.5 Å². The van der Waals surface area contributed by atoms with E-state index in [1.165, 1.54) is 11.1 Å². The van der Waals surface area contributed by atoms with Gasteiger partial charge in [0.1, 0.15) is 0 Å². The number of rotatable bonds is 4. The lowest BCUT2D eigenvalue weighted by Crippen LogP contribution is -2.49. The first-order valence-electron chi connectivity index (χ1n) is 8.03. The molecule has 0 spiro atoms. The molecular weight excluding hydrogens is 292 g/mol. The Morgan fingerprint density at radius 1 is 1.18 bits per heavy atom. The molecule has 0 aromatic heterocycles. The van der Waals surface area contributed by atoms with Crippen molar-refractivity contribution in [2.75, 3.05) is 31.9 Å². The molecule has 1 aliphatic heterocycles. The molecule has 0 saturated carbocycles. The molecule has 0 N–H and O–H groups in total. The number of carbonyl (C=O) groups is 1. The van der Waals surface area contributed by atoms with Crippen molar-refractivity contribution in [3.63, 3.8) is 0 Å². The lowest BCUT2D eigenvalue weighted by Gasteiger charge is -2.35. The van der Waals surface area contributed by atoms with E-state index in [9.17, 15) is 4.79 Å². The van der Waals surface area contributed by atoms with Gasteiger partial charge < -0.3 is 4.90 Å². The summed E-state index contributed by atoms with van der Waals surface area (Å²) in [5.74, 6) is 0.886. The highest BCUT2D eigenvalue weighted by Gasteiger charge is 2.22. The molecule has 2 rings (SSSR count). The Morgan fingerprint density at radius 2 is 1.86 bits per heavy atom. The number of carbonyl (C=O) groups excluding carboxylic acids is 1. The molecule has 3 nitrogen and oxygen atoms in total. The molecule has 1 amide bonds. The molecule has 122 valence electrons. The molecule has 0 aliphatic carbocycles. The highest BCUT2D eigenvalue weighted by molar-refractivity contribution is 8.01. The smallest absolute Gasteiger partial charge is 0.232 e. The average Bonchev–Trinajstić information content (AvgIpc) is 2.45. The number of benzene rings is 1. The summed E-state index contributed by atoms with van der Waals surface area (Å²) in [6.45, 7) is 13.2. The normalized spacial score (nSPS) is 16.8. The van der Waals surface area contributed by atoms with E-state index in [1.807, 2.05) is 4.90 Å². The van der Waals surface area contributed by atoms with Crippen LogP contribution in [-0.2, 0) is 11.3 Å². The van der Waals surface area contributed by atoms with E-state index < -0.39 is 0 Å². The summed E-state index contributed by atoms with van der Waals surface area (Å²) in [6, 6.07) is 8.68. The van der Waals surface area contributed by atoms with Crippen molar-refractivity contribution in [1.29, 1.82) is 0 Å². The maximum Gasteiger partial charge on any atom is 0.232 e. The van der Waals surface area contributed by atoms with E-state index in [0.717, 1.165) is 32.7 Å². The van der Waals surface area contributed by atoms with Gasteiger partial charge in [-0.2, -0.15) is 0 Å². The third-order valence-corrected chi connectivity index (χ3v) is 5.10. The third kappa shape index (κ3) is 5.65. The average molecular weight is 321 g/mol. The van der Waals surface area contributed by atoms with E-state index in [1.54, 1.807) is 11.8 Å². The van der Waals surface area contributed by atoms with Crippen molar-refractivity contribution >= 4 is 17.7 Å². The zero-order chi connectivity index (χ0) is 16.2. The van der Waals surface area contributed by atoms with Crippen LogP contribution in [0.3, 0.4) is 0 Å². The van der Waals surface area contributed by atoms with Crippen LogP contribution in [0.25, 0.3) is 0 Å². The van der Waals surface area contributed by atoms with Gasteiger partial charge in [0.15, 0.2) is 0 Å². The molecule has 1 aliphatic rings. The van der Waals surface area contributed by atoms with Crippen LogP contribution in [0.2, 0.25) is 0 Å². The monoisotopic (exact) mass is 320 g/mol. The standard InChI is InChI=1S/C18H28N2OS/c1-15-6-5-7-16(12-15)13-19-8-10-20(11-9-19)17(21)14-22-18(2,3)4/h5-7,12H,8-11,13-14H2,1-4H3. The number of piperazine rings is 1. The molecule has 1 saturated heterocycles. The number of hydrogen-bond donors (Lipinski definition) is 0. The fraction of sp³-hybridized carbons (Fsp3) is 0.611. The van der Waals surface area contributed by atoms with Gasteiger partial charge in [0.2, 0.25) is 5.91 Å². The SMILES string of the molecule is Cc1cccc(CN2CCN(C(=O)CSC(C)(C)C)CC2)c1. The number of thioether (sulfide) groups is 1. The van der Waals surface area contributed by atoms with Gasteiger partial charge in [-0.3, -0.25) is 9.69 Å². The van der Waals surface area contributed by atoms with Crippen LogP contribution in [0.1, 0.15) is 31.9 Å². The highest BCUT2D eigenvalue weighted by Crippen LogP contribution is 2.23. The van der Waals surface area contributed by atoms with Gasteiger partial charge in [-0.15, -0.1) is 11.8 Å². The topological polar surface area (TPSA) is 23.6 Å². The Hall–Kier alpha value is -1.00. The summed E-state index contributed by atoms with van der Waals surface area (Å²) in [5, 5.41) is 0. The zero-order valence-electron chi connectivity index (χ0n) is 14.3. The third-order valence-electron chi connectivity index (χ3n) is 3.84. The number of nitrogens with zero attached hydrogens (tertiary/aromatic N) is 2. The first-order chi connectivity index (χ1) is 10.3. The molecule has 1 fully saturated rings. The Morgan fingerprint density at radius 3 is 2.45 bits per heavy atom. The minimum atomic E-state index is 0.155. The van der Waals surface area contributed by atoms with E-state index in [2.05, 4.69) is 56.9 Å². The summed E-state index contributed by atoms with van der Waals surface area (Å²) in [6.07, 6.45) is 0. The second-order valence-corrected chi connectivity index (χ2v) is 8.85. The van der Waals surface area contributed by atoms with E-state index in [0.29, 0.717) is 5.75 Å². The van der Waals surface area contributed by atoms with Crippen molar-refractivity contribution in [2.24, 2.45) is 0 Å². The maximum atomic E-state index is 12.2. The molecule has 0 unspecified atom stereocenters. The second kappa shape index (κ2) is 7.51. The predicted octanol–water partition coefficient (Wildman–Crippen LogP) is 3.17. The van der Waals surface area contributed by atoms with Crippen LogP contribution in [0.4, 0.5) is 0 Å². The Labute approximate surface area is 139 Å². The molecule has 1 aromatic rings. The lowest BCUT2D eigenvalue weighted by molar-refractivity contribution is -0.130. The molecule has 0 radical (unpaired) electrons. The predicted molar refractivity (Wildman–Crippen MR) is 95.2 cm³/mol. The minimum absolute atomic E-state index is 0.155. The van der Waals surface area contributed by atoms with Crippen LogP contribution < -0.4 is 0 Å². The molecule has 1 heterocycles. The Balaban J connectivity index is 1.77. The Kier molecular flexibility index (Phi) is 5.93. The summed E-state index contributed by atoms with van der Waals surface area (Å²) < 4.78 is 0.155. The minimum Gasteiger partial charge on any atom is -0.339 e. The van der Waals surface area contributed by atoms with Crippen LogP contribution >= 0.6 is 11.8 Å².